The Hall–Kier alpha value is -1.06. The zero-order valence-electron chi connectivity index (χ0n) is 16.2. The zero-order valence-corrected chi connectivity index (χ0v) is 18.6. The first-order valence-corrected chi connectivity index (χ1v) is 9.06. The average molecular weight is 476 g/mol. The lowest BCUT2D eigenvalue weighted by Crippen LogP contribution is -2.46. The van der Waals surface area contributed by atoms with Crippen LogP contribution in [0.15, 0.2) is 34.2 Å². The fourth-order valence-electron chi connectivity index (χ4n) is 3.08. The van der Waals surface area contributed by atoms with Gasteiger partial charge in [0.2, 0.25) is 0 Å². The summed E-state index contributed by atoms with van der Waals surface area (Å²) < 4.78 is 11.4. The normalized spacial score (nSPS) is 16.7. The molecule has 1 fully saturated rings. The Morgan fingerprint density at radius 3 is 2.73 bits per heavy atom. The molecule has 148 valence electrons. The summed E-state index contributed by atoms with van der Waals surface area (Å²) in [6, 6.07) is 4.28. The topological polar surface area (TPSA) is 53.2 Å². The maximum Gasteiger partial charge on any atom is 0.193 e. The number of guanidine groups is 1. The number of unbranched alkanes of at least 4 members (excludes halogenated alkanes) is 1. The Kier molecular flexibility index (Phi) is 10.9. The van der Waals surface area contributed by atoms with Crippen molar-refractivity contribution in [1.29, 1.82) is 0 Å². The van der Waals surface area contributed by atoms with Crippen molar-refractivity contribution in [3.8, 4) is 0 Å². The first-order valence-electron chi connectivity index (χ1n) is 9.06. The van der Waals surface area contributed by atoms with Crippen LogP contribution in [-0.2, 0) is 4.74 Å². The van der Waals surface area contributed by atoms with Crippen LogP contribution in [-0.4, -0.2) is 69.2 Å². The quantitative estimate of drug-likeness (QED) is 0.206. The zero-order chi connectivity index (χ0) is 18.1. The van der Waals surface area contributed by atoms with Gasteiger partial charge in [-0.25, -0.2) is 0 Å². The molecule has 1 saturated heterocycles. The average Bonchev–Trinajstić information content (AvgIpc) is 3.05. The standard InChI is InChI=1S/C19H32N4O2.HI/c1-5-6-7-10-22(4)19(20-3)21-15-17(18-9-8-16(2)25-18)23-11-13-24-14-12-23;/h5,8-9,17H,1,6-7,10-15H2,2-4H3,(H,20,21);1H. The second kappa shape index (κ2) is 12.3. The van der Waals surface area contributed by atoms with Gasteiger partial charge in [-0.15, -0.1) is 30.6 Å². The SMILES string of the molecule is C=CCCCN(C)C(=NC)NCC(c1ccc(C)o1)N1CCOCC1.I. The number of hydrogen-bond acceptors (Lipinski definition) is 4. The van der Waals surface area contributed by atoms with Crippen molar-refractivity contribution in [2.24, 2.45) is 4.99 Å². The van der Waals surface area contributed by atoms with Gasteiger partial charge in [-0.1, -0.05) is 6.08 Å². The number of furan rings is 1. The maximum absolute atomic E-state index is 5.92. The van der Waals surface area contributed by atoms with Crippen molar-refractivity contribution >= 4 is 29.9 Å². The molecule has 0 bridgehead atoms. The van der Waals surface area contributed by atoms with Crippen molar-refractivity contribution in [3.63, 3.8) is 0 Å². The van der Waals surface area contributed by atoms with E-state index in [0.29, 0.717) is 0 Å². The number of ether oxygens (including phenoxy) is 1. The summed E-state index contributed by atoms with van der Waals surface area (Å²) in [5, 5.41) is 3.51. The highest BCUT2D eigenvalue weighted by molar-refractivity contribution is 14.0. The molecule has 0 aromatic carbocycles. The van der Waals surface area contributed by atoms with Gasteiger partial charge in [0, 0.05) is 40.3 Å². The van der Waals surface area contributed by atoms with E-state index in [4.69, 9.17) is 9.15 Å². The first kappa shape index (κ1) is 23.0. The third kappa shape index (κ3) is 6.92. The van der Waals surface area contributed by atoms with Gasteiger partial charge in [-0.3, -0.25) is 9.89 Å². The highest BCUT2D eigenvalue weighted by atomic mass is 127. The summed E-state index contributed by atoms with van der Waals surface area (Å²) >= 11 is 0. The van der Waals surface area contributed by atoms with E-state index in [1.54, 1.807) is 0 Å². The number of nitrogens with zero attached hydrogens (tertiary/aromatic N) is 3. The summed E-state index contributed by atoms with van der Waals surface area (Å²) in [7, 11) is 3.90. The van der Waals surface area contributed by atoms with Crippen molar-refractivity contribution < 1.29 is 9.15 Å². The minimum absolute atomic E-state index is 0. The number of aliphatic imine (C=N–C) groups is 1. The number of nitrogens with one attached hydrogen (secondary N) is 1. The van der Waals surface area contributed by atoms with E-state index < -0.39 is 0 Å². The third-order valence-electron chi connectivity index (χ3n) is 4.50. The van der Waals surface area contributed by atoms with Crippen molar-refractivity contribution in [3.05, 3.63) is 36.3 Å². The van der Waals surface area contributed by atoms with Crippen LogP contribution in [0.1, 0.15) is 30.4 Å². The second-order valence-electron chi connectivity index (χ2n) is 6.39. The summed E-state index contributed by atoms with van der Waals surface area (Å²) in [5.74, 6) is 2.85. The third-order valence-corrected chi connectivity index (χ3v) is 4.50. The van der Waals surface area contributed by atoms with Gasteiger partial charge in [0.1, 0.15) is 11.5 Å². The summed E-state index contributed by atoms with van der Waals surface area (Å²) in [6.45, 7) is 10.8. The second-order valence-corrected chi connectivity index (χ2v) is 6.39. The summed E-state index contributed by atoms with van der Waals surface area (Å²) in [4.78, 5) is 8.99. The smallest absolute Gasteiger partial charge is 0.193 e. The molecule has 1 aromatic rings. The van der Waals surface area contributed by atoms with E-state index in [1.807, 2.05) is 26.1 Å². The fourth-order valence-corrected chi connectivity index (χ4v) is 3.08. The highest BCUT2D eigenvalue weighted by Crippen LogP contribution is 2.23. The minimum atomic E-state index is 0. The van der Waals surface area contributed by atoms with Gasteiger partial charge in [0.15, 0.2) is 5.96 Å². The molecule has 1 N–H and O–H groups in total. The molecule has 0 saturated carbocycles. The van der Waals surface area contributed by atoms with Crippen LogP contribution in [0, 0.1) is 6.92 Å². The molecule has 7 heteroatoms. The predicted molar refractivity (Wildman–Crippen MR) is 117 cm³/mol. The van der Waals surface area contributed by atoms with E-state index in [2.05, 4.69) is 39.8 Å². The highest BCUT2D eigenvalue weighted by Gasteiger charge is 2.25. The molecule has 0 amide bonds. The number of allylic oxidation sites excluding steroid dienone is 1. The lowest BCUT2D eigenvalue weighted by atomic mass is 10.1. The fraction of sp³-hybridized carbons (Fsp3) is 0.632. The van der Waals surface area contributed by atoms with Gasteiger partial charge in [-0.2, -0.15) is 0 Å². The number of morpholine rings is 1. The molecule has 0 spiro atoms. The molecular weight excluding hydrogens is 443 g/mol. The largest absolute Gasteiger partial charge is 0.465 e. The molecule has 2 heterocycles. The lowest BCUT2D eigenvalue weighted by molar-refractivity contribution is 0.0123. The maximum atomic E-state index is 5.92. The van der Waals surface area contributed by atoms with Gasteiger partial charge >= 0.3 is 0 Å². The van der Waals surface area contributed by atoms with Gasteiger partial charge in [-0.05, 0) is 31.9 Å². The molecule has 1 atom stereocenters. The van der Waals surface area contributed by atoms with Crippen LogP contribution in [0.4, 0.5) is 0 Å². The molecule has 1 aliphatic heterocycles. The number of halogens is 1. The van der Waals surface area contributed by atoms with Crippen LogP contribution in [0.3, 0.4) is 0 Å². The van der Waals surface area contributed by atoms with Crippen molar-refractivity contribution in [1.82, 2.24) is 15.1 Å². The first-order chi connectivity index (χ1) is 12.2. The number of rotatable bonds is 8. The Morgan fingerprint density at radius 1 is 1.42 bits per heavy atom. The molecular formula is C19H33IN4O2. The van der Waals surface area contributed by atoms with E-state index in [0.717, 1.165) is 69.7 Å². The van der Waals surface area contributed by atoms with Crippen LogP contribution in [0.25, 0.3) is 0 Å². The van der Waals surface area contributed by atoms with Crippen LogP contribution in [0.5, 0.6) is 0 Å². The predicted octanol–water partition coefficient (Wildman–Crippen LogP) is 3.05. The van der Waals surface area contributed by atoms with Crippen LogP contribution >= 0.6 is 24.0 Å². The molecule has 1 aromatic heterocycles. The minimum Gasteiger partial charge on any atom is -0.465 e. The van der Waals surface area contributed by atoms with Crippen molar-refractivity contribution in [2.45, 2.75) is 25.8 Å². The molecule has 2 rings (SSSR count). The van der Waals surface area contributed by atoms with E-state index in [9.17, 15) is 0 Å². The van der Waals surface area contributed by atoms with Gasteiger partial charge in [0.05, 0.1) is 19.3 Å². The van der Waals surface area contributed by atoms with E-state index in [1.165, 1.54) is 0 Å². The summed E-state index contributed by atoms with van der Waals surface area (Å²) in [6.07, 6.45) is 4.05. The van der Waals surface area contributed by atoms with E-state index in [-0.39, 0.29) is 30.0 Å². The lowest BCUT2D eigenvalue weighted by Gasteiger charge is -2.34. The monoisotopic (exact) mass is 476 g/mol. The Morgan fingerprint density at radius 2 is 2.15 bits per heavy atom. The summed E-state index contributed by atoms with van der Waals surface area (Å²) in [5.41, 5.74) is 0. The van der Waals surface area contributed by atoms with Crippen LogP contribution in [0.2, 0.25) is 0 Å². The molecule has 0 radical (unpaired) electrons. The van der Waals surface area contributed by atoms with Gasteiger partial charge < -0.3 is 19.4 Å². The van der Waals surface area contributed by atoms with Crippen molar-refractivity contribution in [2.75, 3.05) is 53.5 Å². The molecule has 1 unspecified atom stereocenters. The molecule has 26 heavy (non-hydrogen) atoms. The molecule has 0 aliphatic carbocycles. The Labute approximate surface area is 174 Å². The molecule has 6 nitrogen and oxygen atoms in total. The molecule has 1 aliphatic rings. The number of aryl methyl sites for hydroxylation is 1. The number of hydrogen-bond donors (Lipinski definition) is 1. The Balaban J connectivity index is 0.00000338. The van der Waals surface area contributed by atoms with Crippen LogP contribution < -0.4 is 5.32 Å². The Bertz CT molecular complexity index is 555. The van der Waals surface area contributed by atoms with E-state index >= 15 is 0 Å². The van der Waals surface area contributed by atoms with Gasteiger partial charge in [0.25, 0.3) is 0 Å².